The summed E-state index contributed by atoms with van der Waals surface area (Å²) in [5.41, 5.74) is 0.668. The number of ether oxygens (including phenoxy) is 1. The van der Waals surface area contributed by atoms with Crippen LogP contribution in [0.4, 0.5) is 0 Å². The van der Waals surface area contributed by atoms with Crippen molar-refractivity contribution in [2.75, 3.05) is 13.7 Å². The number of rotatable bonds is 4. The highest BCUT2D eigenvalue weighted by Gasteiger charge is 2.41. The van der Waals surface area contributed by atoms with Crippen molar-refractivity contribution in [2.24, 2.45) is 0 Å². The largest absolute Gasteiger partial charge is 0.480 e. The number of amides is 1. The first-order valence-electron chi connectivity index (χ1n) is 6.50. The number of aromatic nitrogens is 1. The molecule has 2 rings (SSSR count). The monoisotopic (exact) mass is 298 g/mol. The molecular weight excluding hydrogens is 280 g/mol. The summed E-state index contributed by atoms with van der Waals surface area (Å²) in [7, 11) is 1.53. The quantitative estimate of drug-likeness (QED) is 0.907. The maximum Gasteiger partial charge on any atom is 0.326 e. The number of aryl methyl sites for hydroxylation is 2. The lowest BCUT2D eigenvalue weighted by molar-refractivity contribution is -0.141. The van der Waals surface area contributed by atoms with Gasteiger partial charge in [0.2, 0.25) is 0 Å². The molecule has 7 heteroatoms. The molecule has 2 atom stereocenters. The number of carbonyl (C=O) groups is 2. The van der Waals surface area contributed by atoms with Crippen molar-refractivity contribution in [3.8, 4) is 0 Å². The molecule has 0 saturated carbocycles. The summed E-state index contributed by atoms with van der Waals surface area (Å²) in [6.45, 7) is 4.07. The molecule has 1 N–H and O–H groups in total. The summed E-state index contributed by atoms with van der Waals surface area (Å²) < 4.78 is 5.19. The highest BCUT2D eigenvalue weighted by molar-refractivity contribution is 7.13. The molecule has 1 fully saturated rings. The van der Waals surface area contributed by atoms with Gasteiger partial charge in [-0.2, -0.15) is 0 Å². The molecule has 1 aliphatic rings. The number of carboxylic acids is 1. The zero-order valence-electron chi connectivity index (χ0n) is 11.8. The Morgan fingerprint density at radius 2 is 2.25 bits per heavy atom. The van der Waals surface area contributed by atoms with Gasteiger partial charge in [-0.15, -0.1) is 11.3 Å². The Hall–Kier alpha value is -1.47. The fourth-order valence-corrected chi connectivity index (χ4v) is 3.32. The molecule has 20 heavy (non-hydrogen) atoms. The van der Waals surface area contributed by atoms with E-state index in [1.807, 2.05) is 6.92 Å². The van der Waals surface area contributed by atoms with Crippen LogP contribution in [-0.2, 0) is 16.0 Å². The van der Waals surface area contributed by atoms with E-state index in [0.717, 1.165) is 11.4 Å². The summed E-state index contributed by atoms with van der Waals surface area (Å²) in [6.07, 6.45) is 0.872. The summed E-state index contributed by atoms with van der Waals surface area (Å²) in [5, 5.41) is 10.1. The molecule has 0 spiro atoms. The number of thiazole rings is 1. The fraction of sp³-hybridized carbons (Fsp3) is 0.615. The first kappa shape index (κ1) is 14.9. The first-order chi connectivity index (χ1) is 9.47. The van der Waals surface area contributed by atoms with Gasteiger partial charge in [0.1, 0.15) is 10.9 Å². The first-order valence-corrected chi connectivity index (χ1v) is 7.32. The Morgan fingerprint density at radius 1 is 1.55 bits per heavy atom. The lowest BCUT2D eigenvalue weighted by Gasteiger charge is -2.20. The Balaban J connectivity index is 2.26. The molecule has 1 amide bonds. The molecule has 6 nitrogen and oxygen atoms in total. The Labute approximate surface area is 121 Å². The van der Waals surface area contributed by atoms with Gasteiger partial charge in [-0.05, 0) is 13.3 Å². The van der Waals surface area contributed by atoms with Gasteiger partial charge in [0.15, 0.2) is 0 Å². The summed E-state index contributed by atoms with van der Waals surface area (Å²) in [5.74, 6) is -1.25. The fourth-order valence-electron chi connectivity index (χ4n) is 2.36. The third kappa shape index (κ3) is 2.69. The molecule has 1 aromatic rings. The van der Waals surface area contributed by atoms with Crippen molar-refractivity contribution >= 4 is 23.2 Å². The molecule has 110 valence electrons. The number of aliphatic carboxylic acids is 1. The van der Waals surface area contributed by atoms with Gasteiger partial charge in [0.05, 0.1) is 16.8 Å². The number of carboxylic acid groups (broad SMARTS) is 1. The third-order valence-corrected chi connectivity index (χ3v) is 4.77. The van der Waals surface area contributed by atoms with E-state index in [1.165, 1.54) is 23.3 Å². The normalized spacial score (nSPS) is 22.2. The van der Waals surface area contributed by atoms with E-state index in [9.17, 15) is 14.7 Å². The molecule has 1 saturated heterocycles. The molecule has 2 unspecified atom stereocenters. The van der Waals surface area contributed by atoms with Crippen molar-refractivity contribution in [2.45, 2.75) is 38.8 Å². The Kier molecular flexibility index (Phi) is 4.39. The molecule has 0 aliphatic carbocycles. The predicted molar refractivity (Wildman–Crippen MR) is 74.1 cm³/mol. The minimum atomic E-state index is -0.990. The van der Waals surface area contributed by atoms with Crippen LogP contribution >= 0.6 is 11.3 Å². The van der Waals surface area contributed by atoms with Crippen LogP contribution in [0.5, 0.6) is 0 Å². The van der Waals surface area contributed by atoms with E-state index in [-0.39, 0.29) is 12.0 Å². The summed E-state index contributed by atoms with van der Waals surface area (Å²) in [6, 6.07) is -0.820. The van der Waals surface area contributed by atoms with Crippen LogP contribution in [0.25, 0.3) is 0 Å². The number of likely N-dealkylation sites (tertiary alicyclic amines) is 1. The number of hydrogen-bond acceptors (Lipinski definition) is 5. The standard InChI is InChI=1S/C13H18N2O4S/c1-4-10-14-7(2)11(20-10)12(16)15-6-8(19-3)5-9(15)13(17)18/h8-9H,4-6H2,1-3H3,(H,17,18). The van der Waals surface area contributed by atoms with Crippen molar-refractivity contribution in [3.63, 3.8) is 0 Å². The smallest absolute Gasteiger partial charge is 0.326 e. The van der Waals surface area contributed by atoms with Crippen LogP contribution in [-0.4, -0.2) is 52.7 Å². The van der Waals surface area contributed by atoms with E-state index in [1.54, 1.807) is 6.92 Å². The zero-order chi connectivity index (χ0) is 14.9. The predicted octanol–water partition coefficient (Wildman–Crippen LogP) is 1.33. The van der Waals surface area contributed by atoms with Crippen molar-refractivity contribution in [1.29, 1.82) is 0 Å². The topological polar surface area (TPSA) is 79.7 Å². The van der Waals surface area contributed by atoms with Gasteiger partial charge in [-0.1, -0.05) is 6.92 Å². The van der Waals surface area contributed by atoms with Gasteiger partial charge < -0.3 is 14.7 Å². The minimum absolute atomic E-state index is 0.223. The summed E-state index contributed by atoms with van der Waals surface area (Å²) in [4.78, 5) is 30.1. The van der Waals surface area contributed by atoms with Gasteiger partial charge in [-0.3, -0.25) is 4.79 Å². The van der Waals surface area contributed by atoms with Gasteiger partial charge >= 0.3 is 5.97 Å². The number of hydrogen-bond donors (Lipinski definition) is 1. The molecule has 0 aromatic carbocycles. The average Bonchev–Trinajstić information content (AvgIpc) is 3.01. The van der Waals surface area contributed by atoms with E-state index >= 15 is 0 Å². The highest BCUT2D eigenvalue weighted by Crippen LogP contribution is 2.26. The van der Waals surface area contributed by atoms with Gasteiger partial charge in [-0.25, -0.2) is 9.78 Å². The molecule has 1 aromatic heterocycles. The average molecular weight is 298 g/mol. The van der Waals surface area contributed by atoms with Crippen molar-refractivity contribution < 1.29 is 19.4 Å². The highest BCUT2D eigenvalue weighted by atomic mass is 32.1. The Morgan fingerprint density at radius 3 is 2.75 bits per heavy atom. The lowest BCUT2D eigenvalue weighted by atomic mass is 10.2. The van der Waals surface area contributed by atoms with E-state index in [0.29, 0.717) is 23.5 Å². The van der Waals surface area contributed by atoms with E-state index < -0.39 is 12.0 Å². The van der Waals surface area contributed by atoms with Crippen LogP contribution in [0.3, 0.4) is 0 Å². The van der Waals surface area contributed by atoms with Crippen LogP contribution in [0.2, 0.25) is 0 Å². The number of nitrogens with zero attached hydrogens (tertiary/aromatic N) is 2. The Bertz CT molecular complexity index is 528. The van der Waals surface area contributed by atoms with Crippen LogP contribution in [0, 0.1) is 6.92 Å². The molecule has 0 bridgehead atoms. The van der Waals surface area contributed by atoms with Crippen molar-refractivity contribution in [3.05, 3.63) is 15.6 Å². The van der Waals surface area contributed by atoms with Gasteiger partial charge in [0, 0.05) is 20.1 Å². The van der Waals surface area contributed by atoms with Crippen LogP contribution < -0.4 is 0 Å². The molecule has 1 aliphatic heterocycles. The second kappa shape index (κ2) is 5.88. The zero-order valence-corrected chi connectivity index (χ0v) is 12.6. The van der Waals surface area contributed by atoms with E-state index in [2.05, 4.69) is 4.98 Å². The molecule has 2 heterocycles. The second-order valence-corrected chi connectivity index (χ2v) is 5.86. The second-order valence-electron chi connectivity index (χ2n) is 4.78. The number of carbonyl (C=O) groups excluding carboxylic acids is 1. The summed E-state index contributed by atoms with van der Waals surface area (Å²) >= 11 is 1.34. The minimum Gasteiger partial charge on any atom is -0.480 e. The lowest BCUT2D eigenvalue weighted by Crippen LogP contribution is -2.40. The van der Waals surface area contributed by atoms with E-state index in [4.69, 9.17) is 4.74 Å². The van der Waals surface area contributed by atoms with Crippen molar-refractivity contribution in [1.82, 2.24) is 9.88 Å². The van der Waals surface area contributed by atoms with Crippen LogP contribution in [0.15, 0.2) is 0 Å². The molecule has 0 radical (unpaired) electrons. The number of methoxy groups -OCH3 is 1. The maximum atomic E-state index is 12.6. The molecular formula is C13H18N2O4S. The SMILES string of the molecule is CCc1nc(C)c(C(=O)N2CC(OC)CC2C(=O)O)s1. The van der Waals surface area contributed by atoms with Gasteiger partial charge in [0.25, 0.3) is 5.91 Å². The van der Waals surface area contributed by atoms with Crippen LogP contribution in [0.1, 0.15) is 33.7 Å². The maximum absolute atomic E-state index is 12.6. The third-order valence-electron chi connectivity index (χ3n) is 3.48.